The van der Waals surface area contributed by atoms with Crippen molar-refractivity contribution in [1.82, 2.24) is 4.90 Å². The third-order valence-electron chi connectivity index (χ3n) is 5.33. The summed E-state index contributed by atoms with van der Waals surface area (Å²) in [7, 11) is 0. The molecule has 3 amide bonds. The van der Waals surface area contributed by atoms with Crippen LogP contribution in [0, 0.1) is 13.8 Å². The SMILES string of the molecule is Cc1ccc(NC(=O)c2ccc3c(c2)C(=O)N(CCc2ccccc2)C3=O)c(C)c1. The third kappa shape index (κ3) is 3.74. The van der Waals surface area contributed by atoms with Crippen molar-refractivity contribution in [2.45, 2.75) is 20.3 Å². The van der Waals surface area contributed by atoms with Gasteiger partial charge in [0.25, 0.3) is 17.7 Å². The lowest BCUT2D eigenvalue weighted by atomic mass is 10.0. The van der Waals surface area contributed by atoms with Crippen molar-refractivity contribution < 1.29 is 14.4 Å². The average Bonchev–Trinajstić information content (AvgIpc) is 2.98. The zero-order chi connectivity index (χ0) is 21.3. The van der Waals surface area contributed by atoms with Gasteiger partial charge in [0.05, 0.1) is 11.1 Å². The van der Waals surface area contributed by atoms with Crippen molar-refractivity contribution in [2.24, 2.45) is 0 Å². The molecule has 0 aliphatic carbocycles. The highest BCUT2D eigenvalue weighted by Crippen LogP contribution is 2.25. The van der Waals surface area contributed by atoms with Crippen LogP contribution >= 0.6 is 0 Å². The Morgan fingerprint density at radius 1 is 0.867 bits per heavy atom. The van der Waals surface area contributed by atoms with Crippen LogP contribution < -0.4 is 5.32 Å². The Hall–Kier alpha value is -3.73. The first-order chi connectivity index (χ1) is 14.4. The van der Waals surface area contributed by atoms with Crippen LogP contribution in [0.3, 0.4) is 0 Å². The normalized spacial score (nSPS) is 12.8. The number of hydrogen-bond donors (Lipinski definition) is 1. The second kappa shape index (κ2) is 7.95. The molecule has 1 heterocycles. The predicted molar refractivity (Wildman–Crippen MR) is 116 cm³/mol. The molecule has 1 N–H and O–H groups in total. The molecule has 5 nitrogen and oxygen atoms in total. The minimum absolute atomic E-state index is 0.279. The Kier molecular flexibility index (Phi) is 5.19. The van der Waals surface area contributed by atoms with Crippen molar-refractivity contribution in [3.05, 3.63) is 100 Å². The van der Waals surface area contributed by atoms with Gasteiger partial charge in [-0.3, -0.25) is 19.3 Å². The van der Waals surface area contributed by atoms with E-state index in [1.54, 1.807) is 12.1 Å². The number of benzene rings is 3. The maximum atomic E-state index is 12.8. The van der Waals surface area contributed by atoms with Gasteiger partial charge in [0.15, 0.2) is 0 Å². The summed E-state index contributed by atoms with van der Waals surface area (Å²) in [5, 5.41) is 2.88. The largest absolute Gasteiger partial charge is 0.322 e. The first kappa shape index (κ1) is 19.6. The Labute approximate surface area is 175 Å². The van der Waals surface area contributed by atoms with Crippen molar-refractivity contribution >= 4 is 23.4 Å². The van der Waals surface area contributed by atoms with Gasteiger partial charge in [-0.15, -0.1) is 0 Å². The zero-order valence-electron chi connectivity index (χ0n) is 16.9. The molecule has 1 aliphatic heterocycles. The molecule has 30 heavy (non-hydrogen) atoms. The van der Waals surface area contributed by atoms with E-state index in [2.05, 4.69) is 5.32 Å². The van der Waals surface area contributed by atoms with Gasteiger partial charge in [0, 0.05) is 17.8 Å². The number of imide groups is 1. The topological polar surface area (TPSA) is 66.5 Å². The maximum absolute atomic E-state index is 12.8. The number of aryl methyl sites for hydroxylation is 2. The van der Waals surface area contributed by atoms with Crippen molar-refractivity contribution in [3.8, 4) is 0 Å². The second-order valence-corrected chi connectivity index (χ2v) is 7.53. The molecular formula is C25H22N2O3. The molecule has 0 saturated carbocycles. The minimum atomic E-state index is -0.355. The van der Waals surface area contributed by atoms with Gasteiger partial charge in [0.1, 0.15) is 0 Å². The van der Waals surface area contributed by atoms with Gasteiger partial charge in [-0.25, -0.2) is 0 Å². The van der Waals surface area contributed by atoms with E-state index in [0.717, 1.165) is 22.4 Å². The van der Waals surface area contributed by atoms with Crippen LogP contribution in [0.4, 0.5) is 5.69 Å². The molecule has 3 aromatic carbocycles. The summed E-state index contributed by atoms with van der Waals surface area (Å²) in [6, 6.07) is 20.2. The Morgan fingerprint density at radius 3 is 2.33 bits per heavy atom. The van der Waals surface area contributed by atoms with Crippen LogP contribution in [0.2, 0.25) is 0 Å². The van der Waals surface area contributed by atoms with Crippen molar-refractivity contribution in [1.29, 1.82) is 0 Å². The molecule has 0 spiro atoms. The zero-order valence-corrected chi connectivity index (χ0v) is 16.9. The highest BCUT2D eigenvalue weighted by Gasteiger charge is 2.35. The van der Waals surface area contributed by atoms with E-state index >= 15 is 0 Å². The molecule has 4 rings (SSSR count). The molecule has 0 radical (unpaired) electrons. The fourth-order valence-corrected chi connectivity index (χ4v) is 3.67. The molecule has 0 saturated heterocycles. The molecule has 150 valence electrons. The quantitative estimate of drug-likeness (QED) is 0.648. The minimum Gasteiger partial charge on any atom is -0.322 e. The lowest BCUT2D eigenvalue weighted by Crippen LogP contribution is -2.31. The van der Waals surface area contributed by atoms with Crippen molar-refractivity contribution in [3.63, 3.8) is 0 Å². The van der Waals surface area contributed by atoms with Crippen LogP contribution in [-0.4, -0.2) is 29.2 Å². The lowest BCUT2D eigenvalue weighted by Gasteiger charge is -2.13. The molecule has 3 aromatic rings. The van der Waals surface area contributed by atoms with E-state index in [4.69, 9.17) is 0 Å². The number of carbonyl (C=O) groups excluding carboxylic acids is 3. The molecular weight excluding hydrogens is 376 g/mol. The summed E-state index contributed by atoms with van der Waals surface area (Å²) in [5.41, 5.74) is 4.82. The Balaban J connectivity index is 1.51. The molecule has 0 unspecified atom stereocenters. The molecule has 0 fully saturated rings. The number of amides is 3. The standard InChI is InChI=1S/C25H22N2O3/c1-16-8-11-22(17(2)14-16)26-23(28)19-9-10-20-21(15-19)25(30)27(24(20)29)13-12-18-6-4-3-5-7-18/h3-11,14-15H,12-13H2,1-2H3,(H,26,28). The van der Waals surface area contributed by atoms with Gasteiger partial charge in [-0.05, 0) is 55.7 Å². The number of carbonyl (C=O) groups is 3. The van der Waals surface area contributed by atoms with Gasteiger partial charge >= 0.3 is 0 Å². The lowest BCUT2D eigenvalue weighted by molar-refractivity contribution is 0.0656. The smallest absolute Gasteiger partial charge is 0.261 e. The predicted octanol–water partition coefficient (Wildman–Crippen LogP) is 4.39. The number of rotatable bonds is 5. The maximum Gasteiger partial charge on any atom is 0.261 e. The van der Waals surface area contributed by atoms with Crippen LogP contribution in [0.25, 0.3) is 0 Å². The fraction of sp³-hybridized carbons (Fsp3) is 0.160. The summed E-state index contributed by atoms with van der Waals surface area (Å²) < 4.78 is 0. The first-order valence-corrected chi connectivity index (χ1v) is 9.87. The summed E-state index contributed by atoms with van der Waals surface area (Å²) in [6.07, 6.45) is 0.590. The van der Waals surface area contributed by atoms with Gasteiger partial charge in [-0.1, -0.05) is 48.0 Å². The van der Waals surface area contributed by atoms with E-state index in [1.165, 1.54) is 11.0 Å². The Morgan fingerprint density at radius 2 is 1.60 bits per heavy atom. The number of hydrogen-bond acceptors (Lipinski definition) is 3. The monoisotopic (exact) mass is 398 g/mol. The van der Waals surface area contributed by atoms with E-state index in [-0.39, 0.29) is 23.3 Å². The van der Waals surface area contributed by atoms with Crippen LogP contribution in [0.1, 0.15) is 47.8 Å². The average molecular weight is 398 g/mol. The highest BCUT2D eigenvalue weighted by molar-refractivity contribution is 6.22. The van der Waals surface area contributed by atoms with Gasteiger partial charge in [-0.2, -0.15) is 0 Å². The molecule has 0 atom stereocenters. The first-order valence-electron chi connectivity index (χ1n) is 9.87. The van der Waals surface area contributed by atoms with E-state index in [1.807, 2.05) is 62.4 Å². The molecule has 0 bridgehead atoms. The number of nitrogens with one attached hydrogen (secondary N) is 1. The van der Waals surface area contributed by atoms with Crippen LogP contribution in [0.15, 0.2) is 66.7 Å². The summed E-state index contributed by atoms with van der Waals surface area (Å²) >= 11 is 0. The highest BCUT2D eigenvalue weighted by atomic mass is 16.2. The number of anilines is 1. The van der Waals surface area contributed by atoms with E-state index < -0.39 is 0 Å². The Bertz CT molecular complexity index is 1150. The fourth-order valence-electron chi connectivity index (χ4n) is 3.67. The third-order valence-corrected chi connectivity index (χ3v) is 5.33. The van der Waals surface area contributed by atoms with E-state index in [9.17, 15) is 14.4 Å². The summed E-state index contributed by atoms with van der Waals surface area (Å²) in [4.78, 5) is 39.5. The molecule has 0 aromatic heterocycles. The van der Waals surface area contributed by atoms with Crippen molar-refractivity contribution in [2.75, 3.05) is 11.9 Å². The van der Waals surface area contributed by atoms with Crippen LogP contribution in [-0.2, 0) is 6.42 Å². The second-order valence-electron chi connectivity index (χ2n) is 7.53. The number of fused-ring (bicyclic) bond motifs is 1. The summed E-state index contributed by atoms with van der Waals surface area (Å²) in [6.45, 7) is 4.23. The summed E-state index contributed by atoms with van der Waals surface area (Å²) in [5.74, 6) is -0.980. The molecule has 5 heteroatoms. The molecule has 1 aliphatic rings. The van der Waals surface area contributed by atoms with Gasteiger partial charge in [0.2, 0.25) is 0 Å². The van der Waals surface area contributed by atoms with Crippen LogP contribution in [0.5, 0.6) is 0 Å². The number of nitrogens with zero attached hydrogens (tertiary/aromatic N) is 1. The van der Waals surface area contributed by atoms with Gasteiger partial charge < -0.3 is 5.32 Å². The van der Waals surface area contributed by atoms with E-state index in [0.29, 0.717) is 24.1 Å².